The summed E-state index contributed by atoms with van der Waals surface area (Å²) in [5, 5.41) is 14.0. The molecular weight excluding hydrogens is 565 g/mol. The number of nitrogens with zero attached hydrogens (tertiary/aromatic N) is 6. The number of hydrogen-bond donors (Lipinski definition) is 0. The molecule has 3 aromatic rings. The molecule has 0 spiro atoms. The van der Waals surface area contributed by atoms with Crippen LogP contribution in [0.15, 0.2) is 82.8 Å². The van der Waals surface area contributed by atoms with Crippen LogP contribution in [-0.4, -0.2) is 44.2 Å². The SMILES string of the molecule is Cc1cccc(Cl)c1N1C(=O)CCS/C1=N\N=C\C1=CCC(c2ncn(-c3ccc(OC(F)(F)F)cc3)n2)C=C1. The van der Waals surface area contributed by atoms with E-state index in [1.807, 2.05) is 37.3 Å². The zero-order valence-corrected chi connectivity index (χ0v) is 22.6. The molecule has 2 aliphatic rings. The van der Waals surface area contributed by atoms with Crippen LogP contribution in [0.25, 0.3) is 5.69 Å². The van der Waals surface area contributed by atoms with Crippen LogP contribution >= 0.6 is 23.4 Å². The van der Waals surface area contributed by atoms with Crippen LogP contribution in [0.2, 0.25) is 5.02 Å². The fraction of sp³-hybridized carbons (Fsp3) is 0.222. The molecule has 1 atom stereocenters. The lowest BCUT2D eigenvalue weighted by atomic mass is 9.96. The van der Waals surface area contributed by atoms with Crippen molar-refractivity contribution in [3.05, 3.63) is 89.0 Å². The number of amides is 1. The van der Waals surface area contributed by atoms with Crippen molar-refractivity contribution in [2.45, 2.75) is 32.0 Å². The number of carbonyl (C=O) groups is 1. The second-order valence-corrected chi connectivity index (χ2v) is 10.3. The van der Waals surface area contributed by atoms with Gasteiger partial charge in [0.05, 0.1) is 22.6 Å². The Labute approximate surface area is 236 Å². The molecular formula is C27H22ClF3N6O2S. The van der Waals surface area contributed by atoms with Gasteiger partial charge in [0.2, 0.25) is 5.91 Å². The number of aryl methyl sites for hydroxylation is 1. The van der Waals surface area contributed by atoms with Crippen LogP contribution in [0.3, 0.4) is 0 Å². The number of carbonyl (C=O) groups excluding carboxylic acids is 1. The number of allylic oxidation sites excluding steroid dienone is 4. The van der Waals surface area contributed by atoms with Crippen LogP contribution < -0.4 is 9.64 Å². The second kappa shape index (κ2) is 11.7. The molecule has 2 aromatic carbocycles. The normalized spacial score (nSPS) is 19.0. The molecule has 1 unspecified atom stereocenters. The molecule has 2 heterocycles. The molecule has 13 heteroatoms. The quantitative estimate of drug-likeness (QED) is 0.240. The second-order valence-electron chi connectivity index (χ2n) is 8.85. The van der Waals surface area contributed by atoms with Gasteiger partial charge in [-0.05, 0) is 54.8 Å². The Morgan fingerprint density at radius 1 is 1.20 bits per heavy atom. The first-order chi connectivity index (χ1) is 19.2. The summed E-state index contributed by atoms with van der Waals surface area (Å²) in [7, 11) is 0. The highest BCUT2D eigenvalue weighted by Crippen LogP contribution is 2.34. The predicted octanol–water partition coefficient (Wildman–Crippen LogP) is 6.61. The van der Waals surface area contributed by atoms with E-state index in [0.29, 0.717) is 46.0 Å². The summed E-state index contributed by atoms with van der Waals surface area (Å²) in [6, 6.07) is 10.9. The van der Waals surface area contributed by atoms with Gasteiger partial charge in [-0.2, -0.15) is 10.2 Å². The van der Waals surface area contributed by atoms with Gasteiger partial charge in [-0.25, -0.2) is 9.67 Å². The first kappa shape index (κ1) is 27.7. The maximum absolute atomic E-state index is 12.7. The summed E-state index contributed by atoms with van der Waals surface area (Å²) in [4.78, 5) is 18.6. The average Bonchev–Trinajstić information content (AvgIpc) is 3.40. The largest absolute Gasteiger partial charge is 0.573 e. The Kier molecular flexibility index (Phi) is 8.08. The summed E-state index contributed by atoms with van der Waals surface area (Å²) in [5.41, 5.74) is 2.88. The van der Waals surface area contributed by atoms with Crippen LogP contribution in [0, 0.1) is 6.92 Å². The van der Waals surface area contributed by atoms with Gasteiger partial charge in [-0.3, -0.25) is 9.69 Å². The molecule has 1 fully saturated rings. The molecule has 1 saturated heterocycles. The molecule has 206 valence electrons. The summed E-state index contributed by atoms with van der Waals surface area (Å²) in [5.74, 6) is 0.713. The topological polar surface area (TPSA) is 85.0 Å². The molecule has 5 rings (SSSR count). The van der Waals surface area contributed by atoms with Gasteiger partial charge in [0.25, 0.3) is 0 Å². The van der Waals surface area contributed by atoms with Crippen molar-refractivity contribution in [2.24, 2.45) is 10.2 Å². The van der Waals surface area contributed by atoms with E-state index >= 15 is 0 Å². The predicted molar refractivity (Wildman–Crippen MR) is 149 cm³/mol. The van der Waals surface area contributed by atoms with Gasteiger partial charge in [-0.15, -0.1) is 18.3 Å². The molecule has 0 radical (unpaired) electrons. The zero-order chi connectivity index (χ0) is 28.3. The molecule has 0 bridgehead atoms. The molecule has 1 aliphatic carbocycles. The number of aromatic nitrogens is 3. The number of anilines is 1. The van der Waals surface area contributed by atoms with E-state index in [0.717, 1.165) is 11.1 Å². The smallest absolute Gasteiger partial charge is 0.406 e. The fourth-order valence-electron chi connectivity index (χ4n) is 4.15. The number of amidine groups is 1. The van der Waals surface area contributed by atoms with Crippen molar-refractivity contribution in [2.75, 3.05) is 10.7 Å². The number of para-hydroxylation sites is 1. The van der Waals surface area contributed by atoms with Crippen molar-refractivity contribution in [1.29, 1.82) is 0 Å². The maximum Gasteiger partial charge on any atom is 0.573 e. The Morgan fingerprint density at radius 3 is 2.70 bits per heavy atom. The molecule has 0 N–H and O–H groups in total. The maximum atomic E-state index is 12.7. The monoisotopic (exact) mass is 586 g/mol. The molecule has 1 amide bonds. The van der Waals surface area contributed by atoms with Gasteiger partial charge in [-0.1, -0.05) is 53.7 Å². The fourth-order valence-corrected chi connectivity index (χ4v) is 5.35. The third-order valence-corrected chi connectivity index (χ3v) is 7.29. The lowest BCUT2D eigenvalue weighted by Crippen LogP contribution is -2.39. The highest BCUT2D eigenvalue weighted by atomic mass is 35.5. The van der Waals surface area contributed by atoms with E-state index in [2.05, 4.69) is 25.0 Å². The van der Waals surface area contributed by atoms with Gasteiger partial charge < -0.3 is 4.74 Å². The number of rotatable bonds is 6. The Hall–Kier alpha value is -3.90. The number of thioether (sulfide) groups is 1. The van der Waals surface area contributed by atoms with E-state index in [4.69, 9.17) is 11.6 Å². The van der Waals surface area contributed by atoms with Crippen LogP contribution in [0.5, 0.6) is 5.75 Å². The lowest BCUT2D eigenvalue weighted by molar-refractivity contribution is -0.274. The van der Waals surface area contributed by atoms with Gasteiger partial charge in [0.15, 0.2) is 11.0 Å². The van der Waals surface area contributed by atoms with Crippen LogP contribution in [0.1, 0.15) is 30.1 Å². The summed E-state index contributed by atoms with van der Waals surface area (Å²) >= 11 is 7.85. The molecule has 1 aliphatic heterocycles. The number of hydrogen-bond acceptors (Lipinski definition) is 7. The highest BCUT2D eigenvalue weighted by molar-refractivity contribution is 8.14. The minimum absolute atomic E-state index is 0.0808. The Bertz CT molecular complexity index is 1510. The Morgan fingerprint density at radius 2 is 2.00 bits per heavy atom. The zero-order valence-electron chi connectivity index (χ0n) is 21.0. The van der Waals surface area contributed by atoms with Crippen molar-refractivity contribution in [3.8, 4) is 11.4 Å². The first-order valence-corrected chi connectivity index (χ1v) is 13.5. The molecule has 0 saturated carbocycles. The van der Waals surface area contributed by atoms with Gasteiger partial charge >= 0.3 is 6.36 Å². The number of alkyl halides is 3. The van der Waals surface area contributed by atoms with Crippen molar-refractivity contribution in [1.82, 2.24) is 14.8 Å². The van der Waals surface area contributed by atoms with Gasteiger partial charge in [0, 0.05) is 18.1 Å². The van der Waals surface area contributed by atoms with E-state index in [1.54, 1.807) is 12.3 Å². The molecule has 1 aromatic heterocycles. The number of halogens is 4. The van der Waals surface area contributed by atoms with E-state index in [9.17, 15) is 18.0 Å². The van der Waals surface area contributed by atoms with Crippen molar-refractivity contribution < 1.29 is 22.7 Å². The summed E-state index contributed by atoms with van der Waals surface area (Å²) in [6.45, 7) is 1.89. The van der Waals surface area contributed by atoms with Crippen molar-refractivity contribution in [3.63, 3.8) is 0 Å². The van der Waals surface area contributed by atoms with Crippen LogP contribution in [0.4, 0.5) is 18.9 Å². The average molecular weight is 587 g/mol. The molecule has 8 nitrogen and oxygen atoms in total. The summed E-state index contributed by atoms with van der Waals surface area (Å²) < 4.78 is 42.5. The third kappa shape index (κ3) is 6.45. The van der Waals surface area contributed by atoms with Crippen molar-refractivity contribution >= 4 is 46.3 Å². The summed E-state index contributed by atoms with van der Waals surface area (Å²) in [6.07, 6.45) is 5.20. The lowest BCUT2D eigenvalue weighted by Gasteiger charge is -2.28. The number of ether oxygens (including phenoxy) is 1. The minimum Gasteiger partial charge on any atom is -0.406 e. The third-order valence-electron chi connectivity index (χ3n) is 6.05. The minimum atomic E-state index is -4.75. The van der Waals surface area contributed by atoms with Crippen LogP contribution in [-0.2, 0) is 4.79 Å². The van der Waals surface area contributed by atoms with E-state index in [-0.39, 0.29) is 17.6 Å². The van der Waals surface area contributed by atoms with E-state index < -0.39 is 6.36 Å². The van der Waals surface area contributed by atoms with E-state index in [1.165, 1.54) is 51.9 Å². The highest BCUT2D eigenvalue weighted by Gasteiger charge is 2.31. The number of benzene rings is 2. The molecule has 40 heavy (non-hydrogen) atoms. The Balaban J connectivity index is 1.24. The standard InChI is InChI=1S/C27H22ClF3N6O2S/c1-17-3-2-4-22(28)24(17)37-23(38)13-14-40-26(37)34-33-15-18-5-7-19(8-6-18)25-32-16-36(35-25)20-9-11-21(12-10-20)39-27(29,30)31/h2-7,9-12,15-16,19H,8,13-14H2,1H3/b33-15+,34-26-. The first-order valence-electron chi connectivity index (χ1n) is 12.2. The van der Waals surface area contributed by atoms with Gasteiger partial charge in [0.1, 0.15) is 12.1 Å².